The smallest absolute Gasteiger partial charge is 0.250 e. The largest absolute Gasteiger partial charge is 0.375 e. The summed E-state index contributed by atoms with van der Waals surface area (Å²) in [6.45, 7) is 0.0593. The van der Waals surface area contributed by atoms with E-state index in [0.717, 1.165) is 22.5 Å². The van der Waals surface area contributed by atoms with Crippen LogP contribution in [0.4, 0.5) is 5.69 Å². The molecule has 0 saturated carbocycles. The molecule has 0 aliphatic rings. The zero-order valence-corrected chi connectivity index (χ0v) is 11.7. The third-order valence-electron chi connectivity index (χ3n) is 3.29. The molecule has 0 unspecified atom stereocenters. The molecule has 2 aromatic carbocycles. The molecule has 0 atom stereocenters. The highest BCUT2D eigenvalue weighted by atomic mass is 16.5. The first-order valence-corrected chi connectivity index (χ1v) is 6.73. The van der Waals surface area contributed by atoms with Crippen LogP contribution in [0, 0.1) is 0 Å². The van der Waals surface area contributed by atoms with Crippen LogP contribution in [0.5, 0.6) is 0 Å². The number of H-pyrrole nitrogens is 1. The molecular weight excluding hydrogens is 264 g/mol. The molecule has 3 aromatic rings. The van der Waals surface area contributed by atoms with Gasteiger partial charge in [0.2, 0.25) is 5.91 Å². The van der Waals surface area contributed by atoms with E-state index in [2.05, 4.69) is 28.5 Å². The predicted octanol–water partition coefficient (Wildman–Crippen LogP) is 3.42. The highest BCUT2D eigenvalue weighted by Crippen LogP contribution is 2.25. The molecule has 1 aromatic heterocycles. The molecule has 0 aliphatic heterocycles. The summed E-state index contributed by atoms with van der Waals surface area (Å²) in [5.74, 6) is -0.157. The van der Waals surface area contributed by atoms with Crippen molar-refractivity contribution < 1.29 is 9.53 Å². The van der Waals surface area contributed by atoms with Gasteiger partial charge in [-0.1, -0.05) is 30.3 Å². The van der Waals surface area contributed by atoms with Gasteiger partial charge in [0.15, 0.2) is 0 Å². The first kappa shape index (κ1) is 13.4. The fourth-order valence-corrected chi connectivity index (χ4v) is 2.29. The van der Waals surface area contributed by atoms with Crippen molar-refractivity contribution in [3.8, 4) is 11.3 Å². The number of fused-ring (bicyclic) bond motifs is 1. The molecule has 1 heterocycles. The van der Waals surface area contributed by atoms with Crippen molar-refractivity contribution in [2.75, 3.05) is 19.0 Å². The van der Waals surface area contributed by atoms with E-state index >= 15 is 0 Å². The van der Waals surface area contributed by atoms with E-state index in [4.69, 9.17) is 4.74 Å². The van der Waals surface area contributed by atoms with Crippen molar-refractivity contribution >= 4 is 22.5 Å². The number of para-hydroxylation sites is 1. The summed E-state index contributed by atoms with van der Waals surface area (Å²) >= 11 is 0. The SMILES string of the molecule is COCC(=O)Nc1ccc(-c2cc3ccccc3[nH]2)cc1. The molecule has 0 saturated heterocycles. The molecule has 0 fully saturated rings. The fourth-order valence-electron chi connectivity index (χ4n) is 2.29. The number of hydrogen-bond donors (Lipinski definition) is 2. The number of amides is 1. The second kappa shape index (κ2) is 5.81. The molecule has 106 valence electrons. The third kappa shape index (κ3) is 2.95. The number of benzene rings is 2. The van der Waals surface area contributed by atoms with E-state index < -0.39 is 0 Å². The van der Waals surface area contributed by atoms with E-state index in [-0.39, 0.29) is 12.5 Å². The number of aromatic nitrogens is 1. The minimum Gasteiger partial charge on any atom is -0.375 e. The predicted molar refractivity (Wildman–Crippen MR) is 84.2 cm³/mol. The highest BCUT2D eigenvalue weighted by molar-refractivity contribution is 5.92. The standard InChI is InChI=1S/C17H16N2O2/c1-21-11-17(20)18-14-8-6-12(7-9-14)16-10-13-4-2-3-5-15(13)19-16/h2-10,19H,11H2,1H3,(H,18,20). The van der Waals surface area contributed by atoms with Crippen LogP contribution < -0.4 is 5.32 Å². The second-order valence-corrected chi connectivity index (χ2v) is 4.83. The monoisotopic (exact) mass is 280 g/mol. The second-order valence-electron chi connectivity index (χ2n) is 4.83. The van der Waals surface area contributed by atoms with Gasteiger partial charge in [-0.05, 0) is 29.8 Å². The Balaban J connectivity index is 1.81. The molecule has 3 rings (SSSR count). The maximum absolute atomic E-state index is 11.4. The molecule has 2 N–H and O–H groups in total. The summed E-state index contributed by atoms with van der Waals surface area (Å²) < 4.78 is 4.79. The van der Waals surface area contributed by atoms with Crippen molar-refractivity contribution in [3.05, 3.63) is 54.6 Å². The minimum atomic E-state index is -0.157. The number of hydrogen-bond acceptors (Lipinski definition) is 2. The number of rotatable bonds is 4. The van der Waals surface area contributed by atoms with Gasteiger partial charge >= 0.3 is 0 Å². The zero-order chi connectivity index (χ0) is 14.7. The lowest BCUT2D eigenvalue weighted by atomic mass is 10.1. The number of anilines is 1. The normalized spacial score (nSPS) is 10.7. The van der Waals surface area contributed by atoms with Gasteiger partial charge in [0.05, 0.1) is 0 Å². The summed E-state index contributed by atoms with van der Waals surface area (Å²) in [7, 11) is 1.50. The Hall–Kier alpha value is -2.59. The van der Waals surface area contributed by atoms with Gasteiger partial charge in [0.25, 0.3) is 0 Å². The van der Waals surface area contributed by atoms with Gasteiger partial charge in [0.1, 0.15) is 6.61 Å². The molecule has 1 amide bonds. The summed E-state index contributed by atoms with van der Waals surface area (Å²) in [5, 5.41) is 3.96. The Labute approximate surface area is 122 Å². The van der Waals surface area contributed by atoms with Crippen molar-refractivity contribution in [2.24, 2.45) is 0 Å². The van der Waals surface area contributed by atoms with Crippen LogP contribution in [-0.2, 0) is 9.53 Å². The van der Waals surface area contributed by atoms with Gasteiger partial charge in [-0.15, -0.1) is 0 Å². The van der Waals surface area contributed by atoms with Gasteiger partial charge in [-0.2, -0.15) is 0 Å². The van der Waals surface area contributed by atoms with Crippen LogP contribution in [0.1, 0.15) is 0 Å². The van der Waals surface area contributed by atoms with Gasteiger partial charge in [0, 0.05) is 29.4 Å². The summed E-state index contributed by atoms with van der Waals surface area (Å²) in [6.07, 6.45) is 0. The Morgan fingerprint density at radius 3 is 2.62 bits per heavy atom. The zero-order valence-electron chi connectivity index (χ0n) is 11.7. The third-order valence-corrected chi connectivity index (χ3v) is 3.29. The summed E-state index contributed by atoms with van der Waals surface area (Å²) in [6, 6.07) is 18.0. The highest BCUT2D eigenvalue weighted by Gasteiger charge is 2.04. The Kier molecular flexibility index (Phi) is 3.71. The number of methoxy groups -OCH3 is 1. The summed E-state index contributed by atoms with van der Waals surface area (Å²) in [4.78, 5) is 14.8. The van der Waals surface area contributed by atoms with Crippen LogP contribution >= 0.6 is 0 Å². The van der Waals surface area contributed by atoms with E-state index in [1.165, 1.54) is 12.5 Å². The first-order valence-electron chi connectivity index (χ1n) is 6.73. The molecule has 0 aliphatic carbocycles. The maximum atomic E-state index is 11.4. The summed E-state index contributed by atoms with van der Waals surface area (Å²) in [5.41, 5.74) is 4.02. The molecule has 4 heteroatoms. The average molecular weight is 280 g/mol. The van der Waals surface area contributed by atoms with E-state index in [0.29, 0.717) is 0 Å². The lowest BCUT2D eigenvalue weighted by Gasteiger charge is -2.05. The number of ether oxygens (including phenoxy) is 1. The number of aromatic amines is 1. The number of nitrogens with one attached hydrogen (secondary N) is 2. The molecule has 0 radical (unpaired) electrons. The lowest BCUT2D eigenvalue weighted by Crippen LogP contribution is -2.16. The lowest BCUT2D eigenvalue weighted by molar-refractivity contribution is -0.119. The van der Waals surface area contributed by atoms with Gasteiger partial charge < -0.3 is 15.0 Å². The van der Waals surface area contributed by atoms with Crippen molar-refractivity contribution in [3.63, 3.8) is 0 Å². The van der Waals surface area contributed by atoms with E-state index in [1.54, 1.807) is 0 Å². The minimum absolute atomic E-state index is 0.0593. The van der Waals surface area contributed by atoms with Crippen LogP contribution in [0.3, 0.4) is 0 Å². The van der Waals surface area contributed by atoms with E-state index in [9.17, 15) is 4.79 Å². The van der Waals surface area contributed by atoms with Crippen LogP contribution in [-0.4, -0.2) is 24.6 Å². The van der Waals surface area contributed by atoms with Crippen LogP contribution in [0.2, 0.25) is 0 Å². The molecular formula is C17H16N2O2. The van der Waals surface area contributed by atoms with Gasteiger partial charge in [-0.25, -0.2) is 0 Å². The molecule has 21 heavy (non-hydrogen) atoms. The molecule has 4 nitrogen and oxygen atoms in total. The average Bonchev–Trinajstić information content (AvgIpc) is 2.92. The quantitative estimate of drug-likeness (QED) is 0.769. The van der Waals surface area contributed by atoms with Gasteiger partial charge in [-0.3, -0.25) is 4.79 Å². The van der Waals surface area contributed by atoms with E-state index in [1.807, 2.05) is 36.4 Å². The molecule has 0 bridgehead atoms. The van der Waals surface area contributed by atoms with Crippen molar-refractivity contribution in [2.45, 2.75) is 0 Å². The fraction of sp³-hybridized carbons (Fsp3) is 0.118. The number of carbonyl (C=O) groups excluding carboxylic acids is 1. The van der Waals surface area contributed by atoms with Crippen molar-refractivity contribution in [1.82, 2.24) is 4.98 Å². The first-order chi connectivity index (χ1) is 10.3. The topological polar surface area (TPSA) is 54.1 Å². The Morgan fingerprint density at radius 2 is 1.90 bits per heavy atom. The molecule has 0 spiro atoms. The van der Waals surface area contributed by atoms with Crippen LogP contribution in [0.15, 0.2) is 54.6 Å². The Bertz CT molecular complexity index is 727. The maximum Gasteiger partial charge on any atom is 0.250 e. The Morgan fingerprint density at radius 1 is 1.14 bits per heavy atom. The number of carbonyl (C=O) groups is 1. The van der Waals surface area contributed by atoms with Crippen LogP contribution in [0.25, 0.3) is 22.2 Å². The van der Waals surface area contributed by atoms with Crippen molar-refractivity contribution in [1.29, 1.82) is 0 Å².